The third-order valence-electron chi connectivity index (χ3n) is 4.76. The minimum Gasteiger partial charge on any atom is -0.465 e. The van der Waals surface area contributed by atoms with Gasteiger partial charge in [0.05, 0.1) is 25.1 Å². The molecule has 27 heavy (non-hydrogen) atoms. The highest BCUT2D eigenvalue weighted by atomic mass is 16.5. The first kappa shape index (κ1) is 18.6. The van der Waals surface area contributed by atoms with Crippen molar-refractivity contribution in [1.29, 1.82) is 0 Å². The Bertz CT molecular complexity index is 878. The third kappa shape index (κ3) is 4.16. The van der Waals surface area contributed by atoms with Gasteiger partial charge in [-0.05, 0) is 35.7 Å². The number of nitrogens with zero attached hydrogens (tertiary/aromatic N) is 1. The van der Waals surface area contributed by atoms with Crippen molar-refractivity contribution in [2.75, 3.05) is 19.0 Å². The maximum absolute atomic E-state index is 12.6. The van der Waals surface area contributed by atoms with Crippen LogP contribution in [-0.4, -0.2) is 36.3 Å². The second-order valence-corrected chi connectivity index (χ2v) is 6.50. The van der Waals surface area contributed by atoms with E-state index in [9.17, 15) is 14.4 Å². The zero-order valence-electron chi connectivity index (χ0n) is 15.4. The van der Waals surface area contributed by atoms with Crippen molar-refractivity contribution >= 4 is 23.5 Å². The fraction of sp³-hybridized carbons (Fsp3) is 0.286. The van der Waals surface area contributed by atoms with Crippen molar-refractivity contribution in [2.45, 2.75) is 25.8 Å². The Hall–Kier alpha value is -3.15. The zero-order chi connectivity index (χ0) is 19.4. The summed E-state index contributed by atoms with van der Waals surface area (Å²) in [6, 6.07) is 14.2. The van der Waals surface area contributed by atoms with Crippen LogP contribution in [0.5, 0.6) is 0 Å². The predicted molar refractivity (Wildman–Crippen MR) is 101 cm³/mol. The minimum atomic E-state index is -0.463. The van der Waals surface area contributed by atoms with Crippen LogP contribution >= 0.6 is 0 Å². The molecule has 0 bridgehead atoms. The molecule has 3 rings (SSSR count). The van der Waals surface area contributed by atoms with Gasteiger partial charge in [-0.2, -0.15) is 0 Å². The molecular formula is C21H22N2O4. The number of carbonyl (C=O) groups is 3. The van der Waals surface area contributed by atoms with Gasteiger partial charge in [-0.15, -0.1) is 0 Å². The molecule has 1 N–H and O–H groups in total. The summed E-state index contributed by atoms with van der Waals surface area (Å²) < 4.78 is 4.70. The number of amides is 2. The van der Waals surface area contributed by atoms with E-state index < -0.39 is 5.97 Å². The van der Waals surface area contributed by atoms with Crippen molar-refractivity contribution in [3.63, 3.8) is 0 Å². The van der Waals surface area contributed by atoms with Gasteiger partial charge in [-0.25, -0.2) is 4.79 Å². The van der Waals surface area contributed by atoms with Gasteiger partial charge in [-0.1, -0.05) is 30.3 Å². The molecule has 6 heteroatoms. The van der Waals surface area contributed by atoms with E-state index in [0.29, 0.717) is 17.8 Å². The van der Waals surface area contributed by atoms with Gasteiger partial charge in [-0.3, -0.25) is 9.59 Å². The molecule has 0 aliphatic carbocycles. The van der Waals surface area contributed by atoms with Crippen LogP contribution < -0.4 is 5.32 Å². The number of benzene rings is 2. The van der Waals surface area contributed by atoms with Crippen molar-refractivity contribution < 1.29 is 19.1 Å². The van der Waals surface area contributed by atoms with Crippen molar-refractivity contribution in [1.82, 2.24) is 4.90 Å². The summed E-state index contributed by atoms with van der Waals surface area (Å²) in [5.74, 6) is -0.727. The number of fused-ring (bicyclic) bond motifs is 1. The Morgan fingerprint density at radius 3 is 2.67 bits per heavy atom. The second kappa shape index (κ2) is 8.03. The first-order valence-electron chi connectivity index (χ1n) is 8.83. The lowest BCUT2D eigenvalue weighted by molar-refractivity contribution is -0.132. The number of anilines is 1. The molecule has 1 aliphatic heterocycles. The van der Waals surface area contributed by atoms with Crippen LogP contribution in [-0.2, 0) is 20.7 Å². The monoisotopic (exact) mass is 366 g/mol. The fourth-order valence-corrected chi connectivity index (χ4v) is 3.48. The fourth-order valence-electron chi connectivity index (χ4n) is 3.48. The standard InChI is InChI=1S/C21H22N2O4/c1-14(24)23-11-10-15-6-3-4-9-18(15)19(23)13-20(25)22-17-8-5-7-16(12-17)21(26)27-2/h3-9,12,19H,10-11,13H2,1-2H3,(H,22,25). The summed E-state index contributed by atoms with van der Waals surface area (Å²) in [7, 11) is 1.31. The van der Waals surface area contributed by atoms with E-state index in [0.717, 1.165) is 12.0 Å². The van der Waals surface area contributed by atoms with E-state index in [1.165, 1.54) is 19.6 Å². The van der Waals surface area contributed by atoms with E-state index in [1.54, 1.807) is 29.2 Å². The lowest BCUT2D eigenvalue weighted by Crippen LogP contribution is -2.40. The maximum atomic E-state index is 12.6. The smallest absolute Gasteiger partial charge is 0.337 e. The average molecular weight is 366 g/mol. The first-order chi connectivity index (χ1) is 13.0. The molecule has 6 nitrogen and oxygen atoms in total. The highest BCUT2D eigenvalue weighted by Gasteiger charge is 2.30. The van der Waals surface area contributed by atoms with E-state index in [2.05, 4.69) is 5.32 Å². The summed E-state index contributed by atoms with van der Waals surface area (Å²) >= 11 is 0. The number of carbonyl (C=O) groups excluding carboxylic acids is 3. The molecule has 0 fully saturated rings. The van der Waals surface area contributed by atoms with E-state index >= 15 is 0 Å². The van der Waals surface area contributed by atoms with Crippen LogP contribution in [0.2, 0.25) is 0 Å². The average Bonchev–Trinajstić information content (AvgIpc) is 2.67. The Balaban J connectivity index is 1.78. The lowest BCUT2D eigenvalue weighted by Gasteiger charge is -2.36. The minimum absolute atomic E-state index is 0.0463. The van der Waals surface area contributed by atoms with Gasteiger partial charge in [0.25, 0.3) is 0 Å². The molecule has 1 unspecified atom stereocenters. The molecule has 0 spiro atoms. The van der Waals surface area contributed by atoms with Gasteiger partial charge in [0.15, 0.2) is 0 Å². The van der Waals surface area contributed by atoms with Gasteiger partial charge in [0, 0.05) is 19.2 Å². The van der Waals surface area contributed by atoms with Gasteiger partial charge < -0.3 is 15.0 Å². The normalized spacial score (nSPS) is 15.6. The highest BCUT2D eigenvalue weighted by Crippen LogP contribution is 2.32. The molecule has 0 saturated carbocycles. The molecule has 0 saturated heterocycles. The lowest BCUT2D eigenvalue weighted by atomic mass is 9.90. The summed E-state index contributed by atoms with van der Waals surface area (Å²) in [5.41, 5.74) is 3.06. The Labute approximate surface area is 158 Å². The van der Waals surface area contributed by atoms with Crippen molar-refractivity contribution in [2.24, 2.45) is 0 Å². The molecule has 2 aromatic rings. The van der Waals surface area contributed by atoms with Crippen molar-refractivity contribution in [3.05, 3.63) is 65.2 Å². The maximum Gasteiger partial charge on any atom is 0.337 e. The Morgan fingerprint density at radius 2 is 1.93 bits per heavy atom. The molecule has 0 radical (unpaired) electrons. The number of hydrogen-bond acceptors (Lipinski definition) is 4. The Morgan fingerprint density at radius 1 is 1.15 bits per heavy atom. The summed E-state index contributed by atoms with van der Waals surface area (Å²) in [5, 5.41) is 2.81. The highest BCUT2D eigenvalue weighted by molar-refractivity contribution is 5.95. The molecule has 140 valence electrons. The van der Waals surface area contributed by atoms with Crippen molar-refractivity contribution in [3.8, 4) is 0 Å². The predicted octanol–water partition coefficient (Wildman–Crippen LogP) is 2.95. The number of nitrogens with one attached hydrogen (secondary N) is 1. The third-order valence-corrected chi connectivity index (χ3v) is 4.76. The number of methoxy groups -OCH3 is 1. The number of ether oxygens (including phenoxy) is 1. The molecule has 1 heterocycles. The van der Waals surface area contributed by atoms with Crippen LogP contribution in [0.1, 0.15) is 40.9 Å². The van der Waals surface area contributed by atoms with E-state index in [1.807, 2.05) is 24.3 Å². The topological polar surface area (TPSA) is 75.7 Å². The zero-order valence-corrected chi connectivity index (χ0v) is 15.4. The van der Waals surface area contributed by atoms with Gasteiger partial charge in [0.2, 0.25) is 11.8 Å². The SMILES string of the molecule is COC(=O)c1cccc(NC(=O)CC2c3ccccc3CCN2C(C)=O)c1. The number of esters is 1. The number of rotatable bonds is 4. The molecule has 1 aliphatic rings. The van der Waals surface area contributed by atoms with Crippen LogP contribution in [0, 0.1) is 0 Å². The quantitative estimate of drug-likeness (QED) is 0.844. The summed E-state index contributed by atoms with van der Waals surface area (Å²) in [6.45, 7) is 2.13. The van der Waals surface area contributed by atoms with Crippen LogP contribution in [0.3, 0.4) is 0 Å². The van der Waals surface area contributed by atoms with Gasteiger partial charge in [0.1, 0.15) is 0 Å². The molecule has 1 atom stereocenters. The first-order valence-corrected chi connectivity index (χ1v) is 8.83. The largest absolute Gasteiger partial charge is 0.465 e. The Kier molecular flexibility index (Phi) is 5.54. The second-order valence-electron chi connectivity index (χ2n) is 6.50. The molecule has 2 amide bonds. The molecule has 2 aromatic carbocycles. The van der Waals surface area contributed by atoms with Crippen LogP contribution in [0.25, 0.3) is 0 Å². The summed E-state index contributed by atoms with van der Waals surface area (Å²) in [4.78, 5) is 38.1. The molecule has 0 aromatic heterocycles. The number of hydrogen-bond donors (Lipinski definition) is 1. The van der Waals surface area contributed by atoms with Crippen LogP contribution in [0.4, 0.5) is 5.69 Å². The van der Waals surface area contributed by atoms with E-state index in [4.69, 9.17) is 4.74 Å². The summed E-state index contributed by atoms with van der Waals surface area (Å²) in [6.07, 6.45) is 0.939. The van der Waals surface area contributed by atoms with E-state index in [-0.39, 0.29) is 24.3 Å². The van der Waals surface area contributed by atoms with Gasteiger partial charge >= 0.3 is 5.97 Å². The van der Waals surface area contributed by atoms with Crippen LogP contribution in [0.15, 0.2) is 48.5 Å². The molecular weight excluding hydrogens is 344 g/mol.